The summed E-state index contributed by atoms with van der Waals surface area (Å²) in [6.07, 6.45) is 3.72. The summed E-state index contributed by atoms with van der Waals surface area (Å²) in [5.41, 5.74) is 1.08. The lowest BCUT2D eigenvalue weighted by molar-refractivity contribution is -0.138. The molecule has 0 unspecified atom stereocenters. The Morgan fingerprint density at radius 2 is 1.80 bits per heavy atom. The van der Waals surface area contributed by atoms with E-state index in [4.69, 9.17) is 4.98 Å². The number of thiazole rings is 1. The molecule has 3 aromatic rings. The van der Waals surface area contributed by atoms with Crippen molar-refractivity contribution in [1.82, 2.24) is 14.8 Å². The van der Waals surface area contributed by atoms with E-state index in [9.17, 15) is 9.59 Å². The maximum atomic E-state index is 13.2. The van der Waals surface area contributed by atoms with Crippen LogP contribution in [0.25, 0.3) is 10.2 Å². The number of amides is 2. The van der Waals surface area contributed by atoms with Gasteiger partial charge in [0.25, 0.3) is 5.91 Å². The van der Waals surface area contributed by atoms with Gasteiger partial charge in [-0.3, -0.25) is 9.59 Å². The summed E-state index contributed by atoms with van der Waals surface area (Å²) >= 11 is 3.26. The fraction of sp³-hybridized carbons (Fsp3) is 0.435. The van der Waals surface area contributed by atoms with Crippen LogP contribution in [0.1, 0.15) is 46.3 Å². The fourth-order valence-corrected chi connectivity index (χ4v) is 6.42. The lowest BCUT2D eigenvalue weighted by atomic mass is 9.93. The molecule has 0 bridgehead atoms. The maximum absolute atomic E-state index is 13.2. The van der Waals surface area contributed by atoms with Gasteiger partial charge >= 0.3 is 0 Å². The summed E-state index contributed by atoms with van der Waals surface area (Å²) in [6, 6.07) is 12.1. The van der Waals surface area contributed by atoms with E-state index in [-0.39, 0.29) is 17.7 Å². The molecular formula is C23H25N3O2S2. The average Bonchev–Trinajstić information content (AvgIpc) is 3.48. The molecule has 5 nitrogen and oxygen atoms in total. The highest BCUT2D eigenvalue weighted by Gasteiger charge is 2.34. The van der Waals surface area contributed by atoms with Gasteiger partial charge in [-0.15, -0.1) is 22.7 Å². The molecule has 5 rings (SSSR count). The Morgan fingerprint density at radius 1 is 0.967 bits per heavy atom. The molecule has 1 aromatic carbocycles. The number of carbonyl (C=O) groups is 2. The first-order valence-corrected chi connectivity index (χ1v) is 12.4. The third kappa shape index (κ3) is 3.88. The number of para-hydroxylation sites is 1. The van der Waals surface area contributed by atoms with Gasteiger partial charge in [-0.05, 0) is 49.3 Å². The van der Waals surface area contributed by atoms with Crippen molar-refractivity contribution in [3.63, 3.8) is 0 Å². The van der Waals surface area contributed by atoms with E-state index in [1.807, 2.05) is 33.4 Å². The molecule has 2 fully saturated rings. The minimum atomic E-state index is -0.0679. The van der Waals surface area contributed by atoms with Crippen molar-refractivity contribution in [1.29, 1.82) is 0 Å². The molecule has 0 saturated carbocycles. The average molecular weight is 440 g/mol. The van der Waals surface area contributed by atoms with E-state index >= 15 is 0 Å². The highest BCUT2D eigenvalue weighted by atomic mass is 32.1. The molecule has 0 N–H and O–H groups in total. The Bertz CT molecular complexity index is 1000. The van der Waals surface area contributed by atoms with Gasteiger partial charge < -0.3 is 9.80 Å². The SMILES string of the molecule is O=C(c1cccs1)N1CCC[C@@H](C(=O)N2CCC(c3nc4ccccc4s3)CC2)C1. The number of benzene rings is 1. The summed E-state index contributed by atoms with van der Waals surface area (Å²) in [7, 11) is 0. The molecule has 2 saturated heterocycles. The molecular weight excluding hydrogens is 414 g/mol. The topological polar surface area (TPSA) is 53.5 Å². The zero-order valence-electron chi connectivity index (χ0n) is 16.8. The minimum absolute atomic E-state index is 0.0667. The Kier molecular flexibility index (Phi) is 5.56. The molecule has 30 heavy (non-hydrogen) atoms. The summed E-state index contributed by atoms with van der Waals surface area (Å²) in [4.78, 5) is 35.3. The summed E-state index contributed by atoms with van der Waals surface area (Å²) in [5.74, 6) is 0.662. The van der Waals surface area contributed by atoms with Crippen LogP contribution in [-0.2, 0) is 4.79 Å². The van der Waals surface area contributed by atoms with E-state index in [0.29, 0.717) is 12.5 Å². The van der Waals surface area contributed by atoms with Crippen LogP contribution in [0.2, 0.25) is 0 Å². The monoisotopic (exact) mass is 439 g/mol. The Labute approximate surface area is 184 Å². The number of piperidine rings is 2. The van der Waals surface area contributed by atoms with Gasteiger partial charge in [-0.25, -0.2) is 4.98 Å². The van der Waals surface area contributed by atoms with Gasteiger partial charge in [0.05, 0.1) is 26.0 Å². The zero-order valence-corrected chi connectivity index (χ0v) is 18.5. The van der Waals surface area contributed by atoms with Crippen molar-refractivity contribution in [2.75, 3.05) is 26.2 Å². The third-order valence-corrected chi connectivity index (χ3v) is 8.31. The van der Waals surface area contributed by atoms with Gasteiger partial charge in [-0.1, -0.05) is 18.2 Å². The summed E-state index contributed by atoms with van der Waals surface area (Å²) < 4.78 is 1.24. The van der Waals surface area contributed by atoms with Crippen molar-refractivity contribution in [3.05, 3.63) is 51.7 Å². The minimum Gasteiger partial charge on any atom is -0.342 e. The molecule has 0 spiro atoms. The zero-order chi connectivity index (χ0) is 20.5. The molecule has 7 heteroatoms. The van der Waals surface area contributed by atoms with Crippen molar-refractivity contribution < 1.29 is 9.59 Å². The lowest BCUT2D eigenvalue weighted by Crippen LogP contribution is -2.48. The second-order valence-electron chi connectivity index (χ2n) is 8.19. The van der Waals surface area contributed by atoms with Crippen LogP contribution < -0.4 is 0 Å². The Balaban J connectivity index is 1.19. The number of likely N-dealkylation sites (tertiary alicyclic amines) is 2. The van der Waals surface area contributed by atoms with Crippen LogP contribution in [0, 0.1) is 5.92 Å². The third-order valence-electron chi connectivity index (χ3n) is 6.26. The molecule has 2 aliphatic heterocycles. The predicted octanol–water partition coefficient (Wildman–Crippen LogP) is 4.62. The number of aromatic nitrogens is 1. The van der Waals surface area contributed by atoms with Crippen LogP contribution in [0.3, 0.4) is 0 Å². The quantitative estimate of drug-likeness (QED) is 0.599. The summed E-state index contributed by atoms with van der Waals surface area (Å²) in [6.45, 7) is 2.87. The van der Waals surface area contributed by atoms with Crippen LogP contribution in [0.15, 0.2) is 41.8 Å². The van der Waals surface area contributed by atoms with Gasteiger partial charge in [0, 0.05) is 32.1 Å². The second-order valence-corrected chi connectivity index (χ2v) is 10.2. The van der Waals surface area contributed by atoms with E-state index in [2.05, 4.69) is 18.2 Å². The van der Waals surface area contributed by atoms with Gasteiger partial charge in [-0.2, -0.15) is 0 Å². The van der Waals surface area contributed by atoms with Crippen LogP contribution in [-0.4, -0.2) is 52.8 Å². The van der Waals surface area contributed by atoms with Gasteiger partial charge in [0.15, 0.2) is 0 Å². The molecule has 156 valence electrons. The van der Waals surface area contributed by atoms with E-state index in [1.165, 1.54) is 21.0 Å². The molecule has 2 aromatic heterocycles. The first kappa shape index (κ1) is 19.7. The van der Waals surface area contributed by atoms with E-state index in [1.54, 1.807) is 11.3 Å². The first-order valence-electron chi connectivity index (χ1n) is 10.7. The lowest BCUT2D eigenvalue weighted by Gasteiger charge is -2.37. The smallest absolute Gasteiger partial charge is 0.263 e. The van der Waals surface area contributed by atoms with Crippen molar-refractivity contribution >= 4 is 44.7 Å². The van der Waals surface area contributed by atoms with E-state index < -0.39 is 0 Å². The number of fused-ring (bicyclic) bond motifs is 1. The van der Waals surface area contributed by atoms with Crippen molar-refractivity contribution in [3.8, 4) is 0 Å². The molecule has 0 radical (unpaired) electrons. The normalized spacial score (nSPS) is 20.6. The maximum Gasteiger partial charge on any atom is 0.263 e. The number of nitrogens with zero attached hydrogens (tertiary/aromatic N) is 3. The van der Waals surface area contributed by atoms with Gasteiger partial charge in [0.1, 0.15) is 0 Å². The largest absolute Gasteiger partial charge is 0.342 e. The van der Waals surface area contributed by atoms with Crippen LogP contribution >= 0.6 is 22.7 Å². The molecule has 2 amide bonds. The first-order chi connectivity index (χ1) is 14.7. The molecule has 0 aliphatic carbocycles. The summed E-state index contributed by atoms with van der Waals surface area (Å²) in [5, 5.41) is 3.13. The number of hydrogen-bond donors (Lipinski definition) is 0. The van der Waals surface area contributed by atoms with Crippen LogP contribution in [0.5, 0.6) is 0 Å². The van der Waals surface area contributed by atoms with Crippen molar-refractivity contribution in [2.24, 2.45) is 5.92 Å². The molecule has 1 atom stereocenters. The standard InChI is InChI=1S/C23H25N3O2S2/c27-22(17-5-3-11-26(15-17)23(28)20-8-4-14-29-20)25-12-9-16(10-13-25)21-24-18-6-1-2-7-19(18)30-21/h1-2,4,6-8,14,16-17H,3,5,9-13,15H2/t17-/m1/s1. The molecule has 4 heterocycles. The Morgan fingerprint density at radius 3 is 2.57 bits per heavy atom. The number of carbonyl (C=O) groups excluding carboxylic acids is 2. The fourth-order valence-electron chi connectivity index (χ4n) is 4.59. The Hall–Kier alpha value is -2.25. The van der Waals surface area contributed by atoms with E-state index in [0.717, 1.165) is 55.7 Å². The van der Waals surface area contributed by atoms with Crippen molar-refractivity contribution in [2.45, 2.75) is 31.6 Å². The number of thiophene rings is 1. The number of hydrogen-bond acceptors (Lipinski definition) is 5. The second kappa shape index (κ2) is 8.47. The van der Waals surface area contributed by atoms with Gasteiger partial charge in [0.2, 0.25) is 5.91 Å². The molecule has 2 aliphatic rings. The van der Waals surface area contributed by atoms with Crippen LogP contribution in [0.4, 0.5) is 0 Å². The number of rotatable bonds is 3. The highest BCUT2D eigenvalue weighted by Crippen LogP contribution is 2.34. The highest BCUT2D eigenvalue weighted by molar-refractivity contribution is 7.18. The predicted molar refractivity (Wildman–Crippen MR) is 121 cm³/mol.